The fourth-order valence-corrected chi connectivity index (χ4v) is 1.24. The van der Waals surface area contributed by atoms with Crippen molar-refractivity contribution in [1.29, 1.82) is 0 Å². The van der Waals surface area contributed by atoms with Crippen molar-refractivity contribution in [2.75, 3.05) is 0 Å². The van der Waals surface area contributed by atoms with Gasteiger partial charge in [-0.25, -0.2) is 0 Å². The zero-order valence-corrected chi connectivity index (χ0v) is 6.59. The van der Waals surface area contributed by atoms with Gasteiger partial charge in [0, 0.05) is 6.54 Å². The zero-order chi connectivity index (χ0) is 7.84. The molecular weight excluding hydrogens is 136 g/mol. The molecule has 2 nitrogen and oxygen atoms in total. The summed E-state index contributed by atoms with van der Waals surface area (Å²) in [6.07, 6.45) is 0.0827. The molecule has 0 bridgehead atoms. The van der Waals surface area contributed by atoms with E-state index in [1.807, 2.05) is 6.92 Å². The summed E-state index contributed by atoms with van der Waals surface area (Å²) in [5, 5.41) is 3.18. The van der Waals surface area contributed by atoms with Crippen molar-refractivity contribution in [3.05, 3.63) is 23.8 Å². The molecule has 2 aliphatic carbocycles. The van der Waals surface area contributed by atoms with Gasteiger partial charge in [-0.1, -0.05) is 12.1 Å². The SMILES string of the molecule is CC(N)NCc1ccc2cc1-2. The lowest BCUT2D eigenvalue weighted by Crippen LogP contribution is -2.33. The molecule has 0 amide bonds. The molecule has 0 saturated heterocycles. The van der Waals surface area contributed by atoms with E-state index in [0.717, 1.165) is 6.54 Å². The van der Waals surface area contributed by atoms with E-state index in [0.29, 0.717) is 0 Å². The fraction of sp³-hybridized carbons (Fsp3) is 0.333. The second-order valence-corrected chi connectivity index (χ2v) is 3.04. The summed E-state index contributed by atoms with van der Waals surface area (Å²) >= 11 is 0. The van der Waals surface area contributed by atoms with Crippen LogP contribution in [0.15, 0.2) is 18.2 Å². The summed E-state index contributed by atoms with van der Waals surface area (Å²) in [6.45, 7) is 2.84. The van der Waals surface area contributed by atoms with Gasteiger partial charge in [0.25, 0.3) is 0 Å². The van der Waals surface area contributed by atoms with Crippen molar-refractivity contribution in [1.82, 2.24) is 5.32 Å². The Morgan fingerprint density at radius 2 is 2.36 bits per heavy atom. The molecule has 2 heteroatoms. The number of rotatable bonds is 3. The molecule has 0 aromatic heterocycles. The average Bonchev–Trinajstić information content (AvgIpc) is 2.62. The van der Waals surface area contributed by atoms with E-state index in [-0.39, 0.29) is 6.17 Å². The first-order chi connectivity index (χ1) is 5.27. The second kappa shape index (κ2) is 2.32. The van der Waals surface area contributed by atoms with E-state index in [4.69, 9.17) is 5.73 Å². The number of hydrogen-bond acceptors (Lipinski definition) is 2. The number of benzene rings is 1. The van der Waals surface area contributed by atoms with Crippen molar-refractivity contribution >= 4 is 0 Å². The Kier molecular flexibility index (Phi) is 1.44. The molecule has 3 N–H and O–H groups in total. The van der Waals surface area contributed by atoms with Crippen LogP contribution in [-0.2, 0) is 6.54 Å². The molecule has 0 aromatic carbocycles. The summed E-state index contributed by atoms with van der Waals surface area (Å²) < 4.78 is 0. The summed E-state index contributed by atoms with van der Waals surface area (Å²) in [5.41, 5.74) is 9.74. The highest BCUT2D eigenvalue weighted by atomic mass is 15.0. The first-order valence-electron chi connectivity index (χ1n) is 3.89. The maximum absolute atomic E-state index is 5.55. The van der Waals surface area contributed by atoms with Gasteiger partial charge in [-0.05, 0) is 29.7 Å². The van der Waals surface area contributed by atoms with Gasteiger partial charge in [-0.2, -0.15) is 0 Å². The smallest absolute Gasteiger partial charge is 0.0519 e. The number of hydrogen-bond donors (Lipinski definition) is 2. The van der Waals surface area contributed by atoms with Crippen LogP contribution >= 0.6 is 0 Å². The van der Waals surface area contributed by atoms with Gasteiger partial charge in [0.05, 0.1) is 6.17 Å². The third-order valence-electron chi connectivity index (χ3n) is 1.95. The Morgan fingerprint density at radius 3 is 2.82 bits per heavy atom. The molecule has 0 aliphatic heterocycles. The first-order valence-corrected chi connectivity index (χ1v) is 3.89. The molecule has 0 fully saturated rings. The Balaban J connectivity index is 1.93. The van der Waals surface area contributed by atoms with Crippen molar-refractivity contribution in [2.24, 2.45) is 5.73 Å². The number of nitrogens with one attached hydrogen (secondary N) is 1. The van der Waals surface area contributed by atoms with Crippen molar-refractivity contribution < 1.29 is 0 Å². The average molecular weight is 148 g/mol. The molecule has 0 spiro atoms. The van der Waals surface area contributed by atoms with Gasteiger partial charge in [0.1, 0.15) is 0 Å². The molecule has 1 atom stereocenters. The van der Waals surface area contributed by atoms with Crippen LogP contribution < -0.4 is 11.1 Å². The van der Waals surface area contributed by atoms with Crippen LogP contribution in [0.25, 0.3) is 11.1 Å². The molecule has 2 rings (SSSR count). The van der Waals surface area contributed by atoms with Crippen LogP contribution in [0.5, 0.6) is 0 Å². The first kappa shape index (κ1) is 6.83. The Morgan fingerprint density at radius 1 is 1.55 bits per heavy atom. The lowest BCUT2D eigenvalue weighted by atomic mass is 10.3. The molecule has 58 valence electrons. The standard InChI is InChI=1S/C9H12N2/c1-6(10)11-5-8-3-2-7-4-9(7)8/h2-4,6,11H,5,10H2,1H3. The van der Waals surface area contributed by atoms with Crippen LogP contribution in [0.2, 0.25) is 0 Å². The van der Waals surface area contributed by atoms with E-state index in [1.54, 1.807) is 0 Å². The fourth-order valence-electron chi connectivity index (χ4n) is 1.24. The predicted octanol–water partition coefficient (Wildman–Crippen LogP) is 1.06. The van der Waals surface area contributed by atoms with Crippen molar-refractivity contribution in [3.8, 4) is 11.1 Å². The minimum absolute atomic E-state index is 0.0827. The minimum atomic E-state index is 0.0827. The molecule has 2 aliphatic rings. The van der Waals surface area contributed by atoms with E-state index >= 15 is 0 Å². The second-order valence-electron chi connectivity index (χ2n) is 3.04. The zero-order valence-electron chi connectivity index (χ0n) is 6.59. The molecule has 0 saturated carbocycles. The van der Waals surface area contributed by atoms with Crippen molar-refractivity contribution in [3.63, 3.8) is 0 Å². The molecule has 0 heterocycles. The van der Waals surface area contributed by atoms with Gasteiger partial charge >= 0.3 is 0 Å². The van der Waals surface area contributed by atoms with Gasteiger partial charge in [-0.3, -0.25) is 5.32 Å². The van der Waals surface area contributed by atoms with Gasteiger partial charge in [0.2, 0.25) is 0 Å². The minimum Gasteiger partial charge on any atom is -0.316 e. The van der Waals surface area contributed by atoms with Crippen molar-refractivity contribution in [2.45, 2.75) is 19.6 Å². The van der Waals surface area contributed by atoms with Crippen LogP contribution in [-0.4, -0.2) is 6.17 Å². The lowest BCUT2D eigenvalue weighted by Gasteiger charge is -2.06. The summed E-state index contributed by atoms with van der Waals surface area (Å²) in [4.78, 5) is 0. The van der Waals surface area contributed by atoms with E-state index in [1.165, 1.54) is 16.7 Å². The highest BCUT2D eigenvalue weighted by Gasteiger charge is 2.16. The Bertz CT molecular complexity index is 279. The monoisotopic (exact) mass is 148 g/mol. The molecule has 11 heavy (non-hydrogen) atoms. The maximum atomic E-state index is 5.55. The van der Waals surface area contributed by atoms with Gasteiger partial charge < -0.3 is 5.73 Å². The molecule has 1 unspecified atom stereocenters. The molecular formula is C9H12N2. The predicted molar refractivity (Wildman–Crippen MR) is 45.9 cm³/mol. The highest BCUT2D eigenvalue weighted by Crippen LogP contribution is 2.37. The van der Waals surface area contributed by atoms with E-state index in [9.17, 15) is 0 Å². The Hall–Kier alpha value is -0.860. The third-order valence-corrected chi connectivity index (χ3v) is 1.95. The normalized spacial score (nSPS) is 14.7. The van der Waals surface area contributed by atoms with E-state index < -0.39 is 0 Å². The van der Waals surface area contributed by atoms with Crippen LogP contribution in [0.3, 0.4) is 0 Å². The highest BCUT2D eigenvalue weighted by molar-refractivity contribution is 5.84. The molecule has 0 radical (unpaired) electrons. The summed E-state index contributed by atoms with van der Waals surface area (Å²) in [7, 11) is 0. The van der Waals surface area contributed by atoms with Gasteiger partial charge in [-0.15, -0.1) is 0 Å². The van der Waals surface area contributed by atoms with Crippen LogP contribution in [0.4, 0.5) is 0 Å². The van der Waals surface area contributed by atoms with E-state index in [2.05, 4.69) is 23.5 Å². The summed E-state index contributed by atoms with van der Waals surface area (Å²) in [5.74, 6) is 0. The number of nitrogens with two attached hydrogens (primary N) is 1. The number of fused-ring (bicyclic) bond motifs is 1. The largest absolute Gasteiger partial charge is 0.316 e. The summed E-state index contributed by atoms with van der Waals surface area (Å²) in [6, 6.07) is 6.49. The topological polar surface area (TPSA) is 38.0 Å². The quantitative estimate of drug-likeness (QED) is 0.639. The van der Waals surface area contributed by atoms with Crippen LogP contribution in [0, 0.1) is 0 Å². The maximum Gasteiger partial charge on any atom is 0.0519 e. The third kappa shape index (κ3) is 1.27. The molecule has 0 aromatic rings. The lowest BCUT2D eigenvalue weighted by molar-refractivity contribution is 0.568. The van der Waals surface area contributed by atoms with Crippen LogP contribution in [0.1, 0.15) is 12.5 Å². The van der Waals surface area contributed by atoms with Gasteiger partial charge in [0.15, 0.2) is 0 Å². The Labute approximate surface area is 66.4 Å².